The Kier molecular flexibility index (Phi) is 5.61. The van der Waals surface area contributed by atoms with E-state index in [2.05, 4.69) is 15.9 Å². The summed E-state index contributed by atoms with van der Waals surface area (Å²) < 4.78 is 24.8. The zero-order valence-electron chi connectivity index (χ0n) is 13.7. The molecule has 7 nitrogen and oxygen atoms in total. The molecule has 0 spiro atoms. The molecule has 0 aromatic carbocycles. The number of nitrogens with zero attached hydrogens (tertiary/aromatic N) is 1. The molecule has 0 bridgehead atoms. The van der Waals surface area contributed by atoms with Crippen LogP contribution in [-0.4, -0.2) is 50.0 Å². The maximum absolute atomic E-state index is 12.5. The minimum absolute atomic E-state index is 0.0210. The van der Waals surface area contributed by atoms with E-state index in [-0.39, 0.29) is 42.6 Å². The normalized spacial score (nSPS) is 28.5. The molecule has 1 aromatic heterocycles. The van der Waals surface area contributed by atoms with Crippen LogP contribution in [0, 0.1) is 5.92 Å². The van der Waals surface area contributed by atoms with Crippen LogP contribution in [0.4, 0.5) is 0 Å². The highest BCUT2D eigenvalue weighted by Gasteiger charge is 2.48. The first-order valence-corrected chi connectivity index (χ1v) is 8.74. The molecular weight excluding hydrogens is 382 g/mol. The molecule has 2 aliphatic rings. The number of fused-ring (bicyclic) bond motifs is 3. The van der Waals surface area contributed by atoms with Gasteiger partial charge in [0.25, 0.3) is 0 Å². The number of hydrogen-bond acceptors (Lipinski definition) is 6. The number of aliphatic hydroxyl groups is 1. The van der Waals surface area contributed by atoms with Gasteiger partial charge in [0.2, 0.25) is 5.43 Å². The van der Waals surface area contributed by atoms with Gasteiger partial charge >= 0.3 is 0 Å². The summed E-state index contributed by atoms with van der Waals surface area (Å²) in [7, 11) is 3.03. The molecule has 8 heteroatoms. The largest absolute Gasteiger partial charge is 0.491 e. The Morgan fingerprint density at radius 1 is 1.46 bits per heavy atom. The highest BCUT2D eigenvalue weighted by molar-refractivity contribution is 9.10. The average Bonchev–Trinajstić information content (AvgIpc) is 3.06. The topological polar surface area (TPSA) is 79.2 Å². The number of methoxy groups -OCH3 is 2. The lowest BCUT2D eigenvalue weighted by atomic mass is 9.82. The fraction of sp³-hybridized carbons (Fsp3) is 0.688. The van der Waals surface area contributed by atoms with Crippen LogP contribution in [0.5, 0.6) is 5.75 Å². The Morgan fingerprint density at radius 2 is 2.25 bits per heavy atom. The molecule has 1 fully saturated rings. The summed E-state index contributed by atoms with van der Waals surface area (Å²) in [6, 6.07) is 0.0877. The third-order valence-corrected chi connectivity index (χ3v) is 5.32. The number of ether oxygens (including phenoxy) is 4. The molecule has 0 aliphatic carbocycles. The van der Waals surface area contributed by atoms with Gasteiger partial charge in [-0.05, 0) is 28.8 Å². The summed E-state index contributed by atoms with van der Waals surface area (Å²) in [6.07, 6.45) is 2.61. The van der Waals surface area contributed by atoms with Crippen LogP contribution in [-0.2, 0) is 14.2 Å². The average molecular weight is 404 g/mol. The summed E-state index contributed by atoms with van der Waals surface area (Å²) in [4.78, 5) is 12.5. The van der Waals surface area contributed by atoms with E-state index < -0.39 is 6.10 Å². The Bertz CT molecular complexity index is 648. The van der Waals surface area contributed by atoms with E-state index in [1.165, 1.54) is 7.11 Å². The summed E-state index contributed by atoms with van der Waals surface area (Å²) >= 11 is 3.32. The van der Waals surface area contributed by atoms with Crippen molar-refractivity contribution >= 4 is 15.9 Å². The van der Waals surface area contributed by atoms with E-state index in [0.717, 1.165) is 6.42 Å². The minimum Gasteiger partial charge on any atom is -0.491 e. The van der Waals surface area contributed by atoms with Gasteiger partial charge in [0, 0.05) is 32.4 Å². The molecule has 2 aliphatic heterocycles. The summed E-state index contributed by atoms with van der Waals surface area (Å²) in [5, 5.41) is 9.51. The number of pyridine rings is 1. The Hall–Kier alpha value is -0.930. The lowest BCUT2D eigenvalue weighted by Gasteiger charge is -2.42. The molecule has 0 amide bonds. The zero-order chi connectivity index (χ0) is 17.3. The Balaban J connectivity index is 2.17. The van der Waals surface area contributed by atoms with Gasteiger partial charge in [-0.1, -0.05) is 0 Å². The van der Waals surface area contributed by atoms with Gasteiger partial charge in [0.15, 0.2) is 5.75 Å². The van der Waals surface area contributed by atoms with Crippen molar-refractivity contribution in [2.45, 2.75) is 31.1 Å². The van der Waals surface area contributed by atoms with Gasteiger partial charge in [-0.15, -0.1) is 0 Å². The molecule has 3 heterocycles. The maximum atomic E-state index is 12.5. The second-order valence-electron chi connectivity index (χ2n) is 5.99. The lowest BCUT2D eigenvalue weighted by Crippen LogP contribution is -2.42. The number of hydrogen-bond donors (Lipinski definition) is 1. The van der Waals surface area contributed by atoms with E-state index in [9.17, 15) is 9.90 Å². The van der Waals surface area contributed by atoms with Gasteiger partial charge in [0.05, 0.1) is 29.4 Å². The molecule has 1 N–H and O–H groups in total. The van der Waals surface area contributed by atoms with Crippen LogP contribution in [0.1, 0.15) is 30.7 Å². The van der Waals surface area contributed by atoms with E-state index in [0.29, 0.717) is 23.2 Å². The Morgan fingerprint density at radius 3 is 2.92 bits per heavy atom. The van der Waals surface area contributed by atoms with Gasteiger partial charge in [-0.3, -0.25) is 4.79 Å². The molecule has 0 radical (unpaired) electrons. The Labute approximate surface area is 148 Å². The first kappa shape index (κ1) is 17.9. The number of aliphatic hydroxyl groups excluding tert-OH is 1. The van der Waals surface area contributed by atoms with Crippen LogP contribution >= 0.6 is 15.9 Å². The molecule has 4 atom stereocenters. The zero-order valence-corrected chi connectivity index (χ0v) is 15.3. The van der Waals surface area contributed by atoms with E-state index in [4.69, 9.17) is 18.9 Å². The van der Waals surface area contributed by atoms with Crippen LogP contribution in [0.2, 0.25) is 0 Å². The van der Waals surface area contributed by atoms with Crippen molar-refractivity contribution in [1.29, 1.82) is 0 Å². The predicted octanol–water partition coefficient (Wildman–Crippen LogP) is 1.62. The van der Waals surface area contributed by atoms with Gasteiger partial charge < -0.3 is 28.6 Å². The number of aromatic nitrogens is 1. The summed E-state index contributed by atoms with van der Waals surface area (Å²) in [5.74, 6) is 0.186. The van der Waals surface area contributed by atoms with Crippen LogP contribution in [0.15, 0.2) is 15.5 Å². The molecule has 1 saturated heterocycles. The maximum Gasteiger partial charge on any atom is 0.237 e. The predicted molar refractivity (Wildman–Crippen MR) is 89.2 cm³/mol. The monoisotopic (exact) mass is 403 g/mol. The third-order valence-electron chi connectivity index (χ3n) is 4.76. The highest BCUT2D eigenvalue weighted by Crippen LogP contribution is 2.48. The third kappa shape index (κ3) is 2.90. The number of halogens is 1. The highest BCUT2D eigenvalue weighted by atomic mass is 79.9. The molecule has 1 aromatic rings. The van der Waals surface area contributed by atoms with E-state index in [1.807, 2.05) is 4.57 Å². The van der Waals surface area contributed by atoms with Crippen molar-refractivity contribution in [3.05, 3.63) is 26.6 Å². The van der Waals surface area contributed by atoms with Crippen molar-refractivity contribution in [2.75, 3.05) is 34.2 Å². The van der Waals surface area contributed by atoms with Gasteiger partial charge in [0.1, 0.15) is 12.9 Å². The smallest absolute Gasteiger partial charge is 0.237 e. The molecule has 3 rings (SSSR count). The second kappa shape index (κ2) is 7.53. The molecule has 0 saturated carbocycles. The molecular formula is C16H22BrNO6. The lowest BCUT2D eigenvalue weighted by molar-refractivity contribution is -0.135. The van der Waals surface area contributed by atoms with Crippen LogP contribution < -0.4 is 10.2 Å². The first-order valence-electron chi connectivity index (χ1n) is 7.95. The molecule has 4 unspecified atom stereocenters. The van der Waals surface area contributed by atoms with Crippen molar-refractivity contribution in [3.63, 3.8) is 0 Å². The van der Waals surface area contributed by atoms with Crippen LogP contribution in [0.25, 0.3) is 0 Å². The van der Waals surface area contributed by atoms with Crippen molar-refractivity contribution in [2.24, 2.45) is 5.92 Å². The van der Waals surface area contributed by atoms with Gasteiger partial charge in [-0.25, -0.2) is 0 Å². The second-order valence-corrected chi connectivity index (χ2v) is 6.85. The molecule has 24 heavy (non-hydrogen) atoms. The first-order chi connectivity index (χ1) is 11.6. The standard InChI is InChI=1S/C16H22BrNO6/c1-21-8-24-15-9(3-5-19)14-11(4-6-23-14)18-7-10(17)13(20)16(22-2)12(15)18/h7,9,11,14-15,19H,3-6,8H2,1-2H3. The van der Waals surface area contributed by atoms with Crippen LogP contribution in [0.3, 0.4) is 0 Å². The fourth-order valence-electron chi connectivity index (χ4n) is 3.83. The molecule has 134 valence electrons. The summed E-state index contributed by atoms with van der Waals surface area (Å²) in [6.45, 7) is 0.740. The number of rotatable bonds is 6. The minimum atomic E-state index is -0.452. The SMILES string of the molecule is COCOC1c2c(OC)c(=O)c(Br)cn2C2CCOC2C1CCO. The van der Waals surface area contributed by atoms with Crippen molar-refractivity contribution in [1.82, 2.24) is 4.57 Å². The fourth-order valence-corrected chi connectivity index (χ4v) is 4.23. The van der Waals surface area contributed by atoms with Crippen molar-refractivity contribution < 1.29 is 24.1 Å². The van der Waals surface area contributed by atoms with E-state index in [1.54, 1.807) is 13.3 Å². The van der Waals surface area contributed by atoms with E-state index >= 15 is 0 Å². The van der Waals surface area contributed by atoms with Crippen molar-refractivity contribution in [3.8, 4) is 5.75 Å². The van der Waals surface area contributed by atoms with Gasteiger partial charge in [-0.2, -0.15) is 0 Å². The summed E-state index contributed by atoms with van der Waals surface area (Å²) in [5.41, 5.74) is 0.475. The quantitative estimate of drug-likeness (QED) is 0.727.